The molecule has 0 saturated carbocycles. The smallest absolute Gasteiger partial charge is 0.225 e. The molecule has 4 nitrogen and oxygen atoms in total. The number of nitrogens with one attached hydrogen (secondary N) is 1. The van der Waals surface area contributed by atoms with Crippen LogP contribution in [0, 0.1) is 0 Å². The molecule has 1 aromatic heterocycles. The summed E-state index contributed by atoms with van der Waals surface area (Å²) in [5.41, 5.74) is 0. The van der Waals surface area contributed by atoms with Gasteiger partial charge in [-0.25, -0.2) is 0 Å². The van der Waals surface area contributed by atoms with E-state index < -0.39 is 0 Å². The molecule has 1 heterocycles. The molecule has 0 spiro atoms. The van der Waals surface area contributed by atoms with Gasteiger partial charge in [-0.3, -0.25) is 4.79 Å². The average Bonchev–Trinajstić information content (AvgIpc) is 2.22. The van der Waals surface area contributed by atoms with Crippen molar-refractivity contribution in [1.29, 1.82) is 0 Å². The summed E-state index contributed by atoms with van der Waals surface area (Å²) in [6.07, 6.45) is 2.01. The lowest BCUT2D eigenvalue weighted by Gasteiger charge is -1.98. The van der Waals surface area contributed by atoms with Crippen LogP contribution in [0.15, 0.2) is 18.3 Å². The topological polar surface area (TPSA) is 54.9 Å². The van der Waals surface area contributed by atoms with Crippen LogP contribution in [0.2, 0.25) is 0 Å². The van der Waals surface area contributed by atoms with Crippen molar-refractivity contribution < 1.29 is 4.79 Å². The van der Waals surface area contributed by atoms with E-state index in [1.807, 2.05) is 13.8 Å². The molecule has 0 aromatic carbocycles. The first-order valence-electron chi connectivity index (χ1n) is 4.40. The number of carbonyl (C=O) groups is 1. The first-order valence-corrected chi connectivity index (χ1v) is 4.40. The molecule has 0 fully saturated rings. The molecule has 72 valence electrons. The second-order valence-electron chi connectivity index (χ2n) is 2.01. The Morgan fingerprint density at radius 2 is 2.23 bits per heavy atom. The van der Waals surface area contributed by atoms with Crippen LogP contribution in [0.25, 0.3) is 0 Å². The Morgan fingerprint density at radius 1 is 1.54 bits per heavy atom. The van der Waals surface area contributed by atoms with Crippen molar-refractivity contribution in [3.05, 3.63) is 18.3 Å². The van der Waals surface area contributed by atoms with Gasteiger partial charge in [0.05, 0.1) is 0 Å². The van der Waals surface area contributed by atoms with Crippen LogP contribution in [0.5, 0.6) is 0 Å². The van der Waals surface area contributed by atoms with Gasteiger partial charge in [0.25, 0.3) is 0 Å². The second kappa shape index (κ2) is 7.21. The van der Waals surface area contributed by atoms with Gasteiger partial charge in [0.1, 0.15) is 0 Å². The maximum absolute atomic E-state index is 10.8. The largest absolute Gasteiger partial charge is 0.309 e. The van der Waals surface area contributed by atoms with E-state index in [-0.39, 0.29) is 5.91 Å². The fourth-order valence-corrected chi connectivity index (χ4v) is 0.599. The lowest BCUT2D eigenvalue weighted by Crippen LogP contribution is -2.10. The van der Waals surface area contributed by atoms with Crippen LogP contribution in [-0.4, -0.2) is 16.1 Å². The molecule has 1 rings (SSSR count). The number of hydrogen-bond acceptors (Lipinski definition) is 3. The van der Waals surface area contributed by atoms with Crippen molar-refractivity contribution >= 4 is 11.7 Å². The molecule has 13 heavy (non-hydrogen) atoms. The van der Waals surface area contributed by atoms with E-state index >= 15 is 0 Å². The number of amides is 1. The van der Waals surface area contributed by atoms with Gasteiger partial charge >= 0.3 is 0 Å². The Balaban J connectivity index is 0.000000671. The zero-order valence-electron chi connectivity index (χ0n) is 8.24. The number of hydrogen-bond donors (Lipinski definition) is 1. The van der Waals surface area contributed by atoms with Crippen LogP contribution < -0.4 is 5.32 Å². The van der Waals surface area contributed by atoms with Crippen LogP contribution in [0.1, 0.15) is 27.2 Å². The highest BCUT2D eigenvalue weighted by atomic mass is 16.1. The number of carbonyl (C=O) groups excluding carboxylic acids is 1. The van der Waals surface area contributed by atoms with Crippen molar-refractivity contribution in [3.8, 4) is 0 Å². The highest BCUT2D eigenvalue weighted by Gasteiger charge is 1.97. The van der Waals surface area contributed by atoms with E-state index in [0.717, 1.165) is 0 Å². The number of aromatic nitrogens is 2. The minimum Gasteiger partial charge on any atom is -0.309 e. The van der Waals surface area contributed by atoms with Gasteiger partial charge in [0, 0.05) is 12.6 Å². The summed E-state index contributed by atoms with van der Waals surface area (Å²) in [5.74, 6) is 0.449. The Kier molecular flexibility index (Phi) is 6.41. The molecular formula is C9H15N3O. The van der Waals surface area contributed by atoms with Gasteiger partial charge in [0.15, 0.2) is 5.82 Å². The maximum atomic E-state index is 10.8. The predicted molar refractivity (Wildman–Crippen MR) is 52.3 cm³/mol. The molecule has 4 heteroatoms. The summed E-state index contributed by atoms with van der Waals surface area (Å²) >= 11 is 0. The van der Waals surface area contributed by atoms with E-state index in [2.05, 4.69) is 15.5 Å². The average molecular weight is 181 g/mol. The fraction of sp³-hybridized carbons (Fsp3) is 0.444. The number of nitrogens with zero attached hydrogens (tertiary/aromatic N) is 2. The summed E-state index contributed by atoms with van der Waals surface area (Å²) in [5, 5.41) is 9.87. The Bertz CT molecular complexity index is 236. The predicted octanol–water partition coefficient (Wildman–Crippen LogP) is 1.85. The molecule has 0 radical (unpaired) electrons. The van der Waals surface area contributed by atoms with E-state index in [4.69, 9.17) is 0 Å². The van der Waals surface area contributed by atoms with Crippen LogP contribution in [0.4, 0.5) is 5.82 Å². The van der Waals surface area contributed by atoms with E-state index in [9.17, 15) is 4.79 Å². The molecule has 0 bridgehead atoms. The molecule has 1 N–H and O–H groups in total. The third kappa shape index (κ3) is 4.90. The first kappa shape index (κ1) is 11.6. The third-order valence-electron chi connectivity index (χ3n) is 1.16. The summed E-state index contributed by atoms with van der Waals surface area (Å²) in [4.78, 5) is 10.8. The van der Waals surface area contributed by atoms with Gasteiger partial charge < -0.3 is 5.32 Å². The monoisotopic (exact) mass is 181 g/mol. The molecule has 1 aromatic rings. The van der Waals surface area contributed by atoms with Gasteiger partial charge in [0.2, 0.25) is 5.91 Å². The van der Waals surface area contributed by atoms with Crippen molar-refractivity contribution in [2.24, 2.45) is 0 Å². The van der Waals surface area contributed by atoms with Crippen LogP contribution in [-0.2, 0) is 4.79 Å². The van der Waals surface area contributed by atoms with Crippen LogP contribution in [0.3, 0.4) is 0 Å². The third-order valence-corrected chi connectivity index (χ3v) is 1.16. The fourth-order valence-electron chi connectivity index (χ4n) is 0.599. The Morgan fingerprint density at radius 3 is 2.69 bits per heavy atom. The van der Waals surface area contributed by atoms with Gasteiger partial charge in [-0.05, 0) is 12.1 Å². The zero-order chi connectivity index (χ0) is 10.1. The summed E-state index contributed by atoms with van der Waals surface area (Å²) < 4.78 is 0. The quantitative estimate of drug-likeness (QED) is 0.757. The van der Waals surface area contributed by atoms with Gasteiger partial charge in [-0.2, -0.15) is 5.10 Å². The molecule has 1 amide bonds. The van der Waals surface area contributed by atoms with E-state index in [1.54, 1.807) is 25.3 Å². The lowest BCUT2D eigenvalue weighted by molar-refractivity contribution is -0.115. The first-order chi connectivity index (χ1) is 6.33. The Labute approximate surface area is 78.4 Å². The normalized spacial score (nSPS) is 8.23. The number of rotatable bonds is 2. The zero-order valence-corrected chi connectivity index (χ0v) is 8.24. The molecule has 0 aliphatic rings. The van der Waals surface area contributed by atoms with Crippen molar-refractivity contribution in [2.45, 2.75) is 27.2 Å². The molecule has 0 unspecified atom stereocenters. The van der Waals surface area contributed by atoms with Crippen molar-refractivity contribution in [2.75, 3.05) is 5.32 Å². The van der Waals surface area contributed by atoms with Crippen molar-refractivity contribution in [1.82, 2.24) is 10.2 Å². The van der Waals surface area contributed by atoms with Crippen LogP contribution >= 0.6 is 0 Å². The summed E-state index contributed by atoms with van der Waals surface area (Å²) in [6.45, 7) is 5.78. The number of anilines is 1. The molecule has 0 atom stereocenters. The van der Waals surface area contributed by atoms with Gasteiger partial charge in [-0.1, -0.05) is 20.8 Å². The maximum Gasteiger partial charge on any atom is 0.225 e. The minimum atomic E-state index is -0.0505. The van der Waals surface area contributed by atoms with Gasteiger partial charge in [-0.15, -0.1) is 5.10 Å². The highest BCUT2D eigenvalue weighted by Crippen LogP contribution is 1.97. The van der Waals surface area contributed by atoms with E-state index in [1.165, 1.54) is 0 Å². The second-order valence-corrected chi connectivity index (χ2v) is 2.01. The minimum absolute atomic E-state index is 0.0505. The lowest BCUT2D eigenvalue weighted by atomic mass is 10.4. The summed E-state index contributed by atoms with van der Waals surface area (Å²) in [6, 6.07) is 3.42. The highest BCUT2D eigenvalue weighted by molar-refractivity contribution is 5.89. The molecular weight excluding hydrogens is 166 g/mol. The molecule has 0 aliphatic carbocycles. The molecule has 0 saturated heterocycles. The van der Waals surface area contributed by atoms with E-state index in [0.29, 0.717) is 12.2 Å². The standard InChI is InChI=1S/C7H9N3O.C2H6/c1-2-7(11)9-6-4-3-5-8-10-6;1-2/h3-5H,2H2,1H3,(H,9,10,11);1-2H3. The Hall–Kier alpha value is -1.45. The molecule has 0 aliphatic heterocycles. The summed E-state index contributed by atoms with van der Waals surface area (Å²) in [7, 11) is 0. The SMILES string of the molecule is CC.CCC(=O)Nc1cccnn1. The van der Waals surface area contributed by atoms with Crippen molar-refractivity contribution in [3.63, 3.8) is 0 Å².